The van der Waals surface area contributed by atoms with Gasteiger partial charge < -0.3 is 20.3 Å². The number of methoxy groups -OCH3 is 1. The zero-order valence-corrected chi connectivity index (χ0v) is 11.9. The van der Waals surface area contributed by atoms with Crippen LogP contribution >= 0.6 is 0 Å². The van der Waals surface area contributed by atoms with Crippen LogP contribution in [0.3, 0.4) is 0 Å². The molecule has 0 aromatic carbocycles. The molecule has 0 aromatic heterocycles. The molecule has 6 heteroatoms. The first-order valence-electron chi connectivity index (χ1n) is 6.96. The van der Waals surface area contributed by atoms with E-state index >= 15 is 0 Å². The summed E-state index contributed by atoms with van der Waals surface area (Å²) in [5.74, 6) is -0.0804. The molecule has 19 heavy (non-hydrogen) atoms. The molecule has 1 heterocycles. The van der Waals surface area contributed by atoms with Crippen LogP contribution in [0.1, 0.15) is 26.2 Å². The molecule has 0 radical (unpaired) electrons. The van der Waals surface area contributed by atoms with Crippen molar-refractivity contribution >= 4 is 11.8 Å². The Bertz CT molecular complexity index is 297. The van der Waals surface area contributed by atoms with E-state index in [0.717, 1.165) is 25.8 Å². The Morgan fingerprint density at radius 3 is 2.95 bits per heavy atom. The standard InChI is InChI=1S/C13H25N3O3/c1-3-6-14-11-5-4-8-16(13(11)18)10-12(17)15-7-9-19-2/h11,14H,3-10H2,1-2H3,(H,15,17). The summed E-state index contributed by atoms with van der Waals surface area (Å²) in [7, 11) is 1.59. The van der Waals surface area contributed by atoms with Gasteiger partial charge >= 0.3 is 0 Å². The summed E-state index contributed by atoms with van der Waals surface area (Å²) in [5, 5.41) is 5.96. The number of rotatable bonds is 8. The molecule has 1 rings (SSSR count). The topological polar surface area (TPSA) is 70.7 Å². The Morgan fingerprint density at radius 1 is 1.47 bits per heavy atom. The van der Waals surface area contributed by atoms with Crippen LogP contribution in [0.2, 0.25) is 0 Å². The van der Waals surface area contributed by atoms with Gasteiger partial charge in [0.2, 0.25) is 11.8 Å². The number of piperidine rings is 1. The van der Waals surface area contributed by atoms with Crippen LogP contribution < -0.4 is 10.6 Å². The van der Waals surface area contributed by atoms with Crippen molar-refractivity contribution in [3.8, 4) is 0 Å². The van der Waals surface area contributed by atoms with Crippen LogP contribution in [0.4, 0.5) is 0 Å². The molecule has 110 valence electrons. The van der Waals surface area contributed by atoms with E-state index in [-0.39, 0.29) is 24.4 Å². The molecule has 0 bridgehead atoms. The van der Waals surface area contributed by atoms with E-state index in [1.807, 2.05) is 0 Å². The predicted molar refractivity (Wildman–Crippen MR) is 72.8 cm³/mol. The first kappa shape index (κ1) is 15.9. The van der Waals surface area contributed by atoms with Gasteiger partial charge in [-0.25, -0.2) is 0 Å². The summed E-state index contributed by atoms with van der Waals surface area (Å²) in [5.41, 5.74) is 0. The van der Waals surface area contributed by atoms with Gasteiger partial charge in [-0.2, -0.15) is 0 Å². The SMILES string of the molecule is CCCNC1CCCN(CC(=O)NCCOC)C1=O. The number of nitrogens with one attached hydrogen (secondary N) is 2. The van der Waals surface area contributed by atoms with E-state index in [0.29, 0.717) is 19.7 Å². The molecule has 1 atom stereocenters. The third kappa shape index (κ3) is 5.57. The van der Waals surface area contributed by atoms with Crippen molar-refractivity contribution in [1.29, 1.82) is 0 Å². The van der Waals surface area contributed by atoms with Crippen LogP contribution in [-0.2, 0) is 14.3 Å². The number of carbonyl (C=O) groups is 2. The fourth-order valence-electron chi connectivity index (χ4n) is 2.13. The average Bonchev–Trinajstić information content (AvgIpc) is 2.40. The van der Waals surface area contributed by atoms with Crippen LogP contribution in [0.25, 0.3) is 0 Å². The number of hydrogen-bond acceptors (Lipinski definition) is 4. The minimum atomic E-state index is -0.125. The maximum atomic E-state index is 12.2. The Hall–Kier alpha value is -1.14. The summed E-state index contributed by atoms with van der Waals surface area (Å²) >= 11 is 0. The third-order valence-corrected chi connectivity index (χ3v) is 3.13. The van der Waals surface area contributed by atoms with E-state index in [2.05, 4.69) is 17.6 Å². The van der Waals surface area contributed by atoms with E-state index < -0.39 is 0 Å². The van der Waals surface area contributed by atoms with E-state index in [9.17, 15) is 9.59 Å². The third-order valence-electron chi connectivity index (χ3n) is 3.13. The zero-order valence-electron chi connectivity index (χ0n) is 11.9. The van der Waals surface area contributed by atoms with Gasteiger partial charge in [0.05, 0.1) is 19.2 Å². The second kappa shape index (κ2) is 8.87. The molecule has 6 nitrogen and oxygen atoms in total. The number of likely N-dealkylation sites (tertiary alicyclic amines) is 1. The lowest BCUT2D eigenvalue weighted by molar-refractivity contribution is -0.140. The maximum Gasteiger partial charge on any atom is 0.240 e. The second-order valence-corrected chi connectivity index (χ2v) is 4.75. The fourth-order valence-corrected chi connectivity index (χ4v) is 2.13. The highest BCUT2D eigenvalue weighted by Gasteiger charge is 2.28. The zero-order chi connectivity index (χ0) is 14.1. The molecule has 1 saturated heterocycles. The fraction of sp³-hybridized carbons (Fsp3) is 0.846. The molecule has 1 aliphatic heterocycles. The number of ether oxygens (including phenoxy) is 1. The highest BCUT2D eigenvalue weighted by molar-refractivity contribution is 5.88. The van der Waals surface area contributed by atoms with E-state index in [4.69, 9.17) is 4.74 Å². The Labute approximate surface area is 114 Å². The van der Waals surface area contributed by atoms with Gasteiger partial charge in [-0.1, -0.05) is 6.92 Å². The van der Waals surface area contributed by atoms with Gasteiger partial charge in [0.15, 0.2) is 0 Å². The molecule has 0 aliphatic carbocycles. The number of carbonyl (C=O) groups excluding carboxylic acids is 2. The minimum Gasteiger partial charge on any atom is -0.383 e. The highest BCUT2D eigenvalue weighted by atomic mass is 16.5. The van der Waals surface area contributed by atoms with Crippen molar-refractivity contribution < 1.29 is 14.3 Å². The average molecular weight is 271 g/mol. The largest absolute Gasteiger partial charge is 0.383 e. The second-order valence-electron chi connectivity index (χ2n) is 4.75. The summed E-state index contributed by atoms with van der Waals surface area (Å²) in [6, 6.07) is -0.125. The van der Waals surface area contributed by atoms with Crippen molar-refractivity contribution in [3.05, 3.63) is 0 Å². The van der Waals surface area contributed by atoms with E-state index in [1.165, 1.54) is 0 Å². The van der Waals surface area contributed by atoms with Gasteiger partial charge in [-0.3, -0.25) is 9.59 Å². The van der Waals surface area contributed by atoms with Crippen LogP contribution in [0, 0.1) is 0 Å². The van der Waals surface area contributed by atoms with Crippen molar-refractivity contribution in [3.63, 3.8) is 0 Å². The summed E-state index contributed by atoms with van der Waals surface area (Å²) in [4.78, 5) is 25.5. The molecule has 2 N–H and O–H groups in total. The predicted octanol–water partition coefficient (Wildman–Crippen LogP) is -0.260. The molecule has 1 fully saturated rings. The molecule has 0 spiro atoms. The molecular weight excluding hydrogens is 246 g/mol. The Kier molecular flexibility index (Phi) is 7.43. The molecular formula is C13H25N3O3. The lowest BCUT2D eigenvalue weighted by Gasteiger charge is -2.32. The summed E-state index contributed by atoms with van der Waals surface area (Å²) < 4.78 is 4.86. The van der Waals surface area contributed by atoms with Crippen LogP contribution in [0.15, 0.2) is 0 Å². The quantitative estimate of drug-likeness (QED) is 0.597. The monoisotopic (exact) mass is 271 g/mol. The Morgan fingerprint density at radius 2 is 2.26 bits per heavy atom. The maximum absolute atomic E-state index is 12.2. The highest BCUT2D eigenvalue weighted by Crippen LogP contribution is 2.11. The van der Waals surface area contributed by atoms with Crippen molar-refractivity contribution in [2.45, 2.75) is 32.2 Å². The first-order valence-corrected chi connectivity index (χ1v) is 6.96. The lowest BCUT2D eigenvalue weighted by Crippen LogP contribution is -2.53. The number of nitrogens with zero attached hydrogens (tertiary/aromatic N) is 1. The van der Waals surface area contributed by atoms with Gasteiger partial charge in [0.25, 0.3) is 0 Å². The number of hydrogen-bond donors (Lipinski definition) is 2. The first-order chi connectivity index (χ1) is 9.19. The van der Waals surface area contributed by atoms with Gasteiger partial charge in [0.1, 0.15) is 0 Å². The molecule has 1 unspecified atom stereocenters. The smallest absolute Gasteiger partial charge is 0.240 e. The van der Waals surface area contributed by atoms with Crippen molar-refractivity contribution in [2.75, 3.05) is 39.9 Å². The van der Waals surface area contributed by atoms with Gasteiger partial charge in [-0.15, -0.1) is 0 Å². The molecule has 0 aromatic rings. The molecule has 0 saturated carbocycles. The summed E-state index contributed by atoms with van der Waals surface area (Å²) in [6.45, 7) is 4.69. The van der Waals surface area contributed by atoms with Crippen molar-refractivity contribution in [2.24, 2.45) is 0 Å². The van der Waals surface area contributed by atoms with Crippen LogP contribution in [0.5, 0.6) is 0 Å². The van der Waals surface area contributed by atoms with E-state index in [1.54, 1.807) is 12.0 Å². The normalized spacial score (nSPS) is 19.6. The minimum absolute atomic E-state index is 0.0431. The number of amides is 2. The van der Waals surface area contributed by atoms with Gasteiger partial charge in [0, 0.05) is 20.2 Å². The van der Waals surface area contributed by atoms with Gasteiger partial charge in [-0.05, 0) is 25.8 Å². The molecule has 2 amide bonds. The Balaban J connectivity index is 2.35. The molecule has 1 aliphatic rings. The van der Waals surface area contributed by atoms with Crippen molar-refractivity contribution in [1.82, 2.24) is 15.5 Å². The lowest BCUT2D eigenvalue weighted by atomic mass is 10.0. The summed E-state index contributed by atoms with van der Waals surface area (Å²) in [6.07, 6.45) is 2.81. The van der Waals surface area contributed by atoms with Crippen LogP contribution in [-0.4, -0.2) is 62.7 Å².